The van der Waals surface area contributed by atoms with Gasteiger partial charge in [0.05, 0.1) is 17.7 Å². The number of piperidine rings is 1. The van der Waals surface area contributed by atoms with E-state index >= 15 is 0 Å². The topological polar surface area (TPSA) is 43.2 Å². The summed E-state index contributed by atoms with van der Waals surface area (Å²) in [6.45, 7) is 5.11. The van der Waals surface area contributed by atoms with Gasteiger partial charge in [-0.1, -0.05) is 0 Å². The minimum absolute atomic E-state index is 0.532. The highest BCUT2D eigenvalue weighted by molar-refractivity contribution is 7.07. The van der Waals surface area contributed by atoms with Gasteiger partial charge in [-0.05, 0) is 25.8 Å². The highest BCUT2D eigenvalue weighted by Crippen LogP contribution is 2.26. The van der Waals surface area contributed by atoms with Crippen molar-refractivity contribution < 1.29 is 4.74 Å². The molecule has 0 amide bonds. The normalized spacial score (nSPS) is 19.6. The molecule has 0 aliphatic carbocycles. The van der Waals surface area contributed by atoms with E-state index < -0.39 is 0 Å². The number of rotatable bonds is 7. The van der Waals surface area contributed by atoms with Crippen LogP contribution in [0.2, 0.25) is 0 Å². The van der Waals surface area contributed by atoms with Crippen molar-refractivity contribution >= 4 is 11.3 Å². The molecule has 3 heterocycles. The first kappa shape index (κ1) is 15.6. The maximum atomic E-state index is 5.16. The lowest BCUT2D eigenvalue weighted by Crippen LogP contribution is -2.36. The predicted octanol–water partition coefficient (Wildman–Crippen LogP) is 2.60. The van der Waals surface area contributed by atoms with Crippen LogP contribution in [0.4, 0.5) is 0 Å². The zero-order chi connectivity index (χ0) is 15.2. The van der Waals surface area contributed by atoms with E-state index in [4.69, 9.17) is 4.74 Å². The summed E-state index contributed by atoms with van der Waals surface area (Å²) < 4.78 is 7.42. The van der Waals surface area contributed by atoms with Crippen LogP contribution in [0.15, 0.2) is 23.3 Å². The summed E-state index contributed by atoms with van der Waals surface area (Å²) in [4.78, 5) is 11.6. The van der Waals surface area contributed by atoms with Crippen LogP contribution in [0, 0.1) is 0 Å². The molecule has 3 rings (SSSR count). The summed E-state index contributed by atoms with van der Waals surface area (Å²) >= 11 is 1.65. The molecule has 5 nitrogen and oxygen atoms in total. The molecule has 0 unspecified atom stereocenters. The second kappa shape index (κ2) is 7.85. The molecule has 1 saturated heterocycles. The molecule has 1 aliphatic rings. The number of ether oxygens (including phenoxy) is 1. The molecule has 0 saturated carbocycles. The average Bonchev–Trinajstić information content (AvgIpc) is 3.20. The number of hydrogen-bond acceptors (Lipinski definition) is 5. The quantitative estimate of drug-likeness (QED) is 0.736. The van der Waals surface area contributed by atoms with Crippen molar-refractivity contribution in [2.24, 2.45) is 0 Å². The van der Waals surface area contributed by atoms with E-state index in [-0.39, 0.29) is 0 Å². The molecule has 22 heavy (non-hydrogen) atoms. The smallest absolute Gasteiger partial charge is 0.113 e. The van der Waals surface area contributed by atoms with Crippen molar-refractivity contribution in [1.82, 2.24) is 19.4 Å². The Morgan fingerprint density at radius 3 is 3.18 bits per heavy atom. The Hall–Kier alpha value is -1.24. The standard InChI is InChI=1S/C16H24N4OS/c1-21-9-3-7-19-6-2-4-14(10-19)16-17-5-8-20(16)11-15-12-22-13-18-15/h5,8,12-14H,2-4,6-7,9-11H2,1H3/t14-/m0/s1. The Morgan fingerprint density at radius 2 is 2.36 bits per heavy atom. The highest BCUT2D eigenvalue weighted by Gasteiger charge is 2.24. The largest absolute Gasteiger partial charge is 0.385 e. The summed E-state index contributed by atoms with van der Waals surface area (Å²) in [6, 6.07) is 0. The van der Waals surface area contributed by atoms with Gasteiger partial charge in [0.2, 0.25) is 0 Å². The summed E-state index contributed by atoms with van der Waals surface area (Å²) in [5, 5.41) is 2.11. The number of hydrogen-bond donors (Lipinski definition) is 0. The third-order valence-corrected chi connectivity index (χ3v) is 4.89. The molecule has 120 valence electrons. The molecular weight excluding hydrogens is 296 g/mol. The summed E-state index contributed by atoms with van der Waals surface area (Å²) in [5.74, 6) is 1.74. The van der Waals surface area contributed by atoms with Gasteiger partial charge in [-0.25, -0.2) is 9.97 Å². The van der Waals surface area contributed by atoms with E-state index in [1.165, 1.54) is 25.2 Å². The van der Waals surface area contributed by atoms with Gasteiger partial charge in [-0.2, -0.15) is 0 Å². The summed E-state index contributed by atoms with van der Waals surface area (Å²) in [6.07, 6.45) is 7.59. The van der Waals surface area contributed by atoms with Gasteiger partial charge in [0.25, 0.3) is 0 Å². The zero-order valence-electron chi connectivity index (χ0n) is 13.1. The molecule has 0 spiro atoms. The second-order valence-electron chi connectivity index (χ2n) is 5.88. The van der Waals surface area contributed by atoms with E-state index in [9.17, 15) is 0 Å². The van der Waals surface area contributed by atoms with Crippen molar-refractivity contribution in [2.75, 3.05) is 33.4 Å². The number of likely N-dealkylation sites (tertiary alicyclic amines) is 1. The Labute approximate surface area is 136 Å². The van der Waals surface area contributed by atoms with Gasteiger partial charge in [-0.15, -0.1) is 11.3 Å². The lowest BCUT2D eigenvalue weighted by molar-refractivity contribution is 0.153. The SMILES string of the molecule is COCCCN1CCC[C@H](c2nccn2Cc2cscn2)C1. The zero-order valence-corrected chi connectivity index (χ0v) is 14.0. The molecule has 1 aliphatic heterocycles. The minimum atomic E-state index is 0.532. The van der Waals surface area contributed by atoms with Crippen LogP contribution in [0.3, 0.4) is 0 Å². The third-order valence-electron chi connectivity index (χ3n) is 4.26. The first-order valence-corrected chi connectivity index (χ1v) is 8.90. The van der Waals surface area contributed by atoms with Crippen molar-refractivity contribution in [3.63, 3.8) is 0 Å². The predicted molar refractivity (Wildman–Crippen MR) is 88.4 cm³/mol. The molecule has 0 aromatic carbocycles. The molecular formula is C16H24N4OS. The summed E-state index contributed by atoms with van der Waals surface area (Å²) in [5.41, 5.74) is 3.02. The van der Waals surface area contributed by atoms with Crippen LogP contribution in [-0.2, 0) is 11.3 Å². The fourth-order valence-corrected chi connectivity index (χ4v) is 3.76. The Kier molecular flexibility index (Phi) is 5.58. The van der Waals surface area contributed by atoms with E-state index in [0.717, 1.165) is 38.4 Å². The van der Waals surface area contributed by atoms with Crippen LogP contribution in [0.25, 0.3) is 0 Å². The van der Waals surface area contributed by atoms with Gasteiger partial charge in [0.15, 0.2) is 0 Å². The van der Waals surface area contributed by atoms with E-state index in [1.54, 1.807) is 18.4 Å². The Morgan fingerprint density at radius 1 is 1.41 bits per heavy atom. The van der Waals surface area contributed by atoms with Crippen LogP contribution in [-0.4, -0.2) is 52.8 Å². The summed E-state index contributed by atoms with van der Waals surface area (Å²) in [7, 11) is 1.77. The monoisotopic (exact) mass is 320 g/mol. The number of thiazole rings is 1. The first-order chi connectivity index (χ1) is 10.9. The molecule has 1 fully saturated rings. The number of imidazole rings is 1. The third kappa shape index (κ3) is 3.94. The number of methoxy groups -OCH3 is 1. The fourth-order valence-electron chi connectivity index (χ4n) is 3.21. The van der Waals surface area contributed by atoms with Crippen molar-refractivity contribution in [2.45, 2.75) is 31.7 Å². The van der Waals surface area contributed by atoms with Crippen LogP contribution >= 0.6 is 11.3 Å². The van der Waals surface area contributed by atoms with Crippen molar-refractivity contribution in [3.8, 4) is 0 Å². The lowest BCUT2D eigenvalue weighted by Gasteiger charge is -2.32. The molecule has 0 bridgehead atoms. The fraction of sp³-hybridized carbons (Fsp3) is 0.625. The van der Waals surface area contributed by atoms with Gasteiger partial charge in [-0.3, -0.25) is 0 Å². The lowest BCUT2D eigenvalue weighted by atomic mass is 9.97. The second-order valence-corrected chi connectivity index (χ2v) is 6.60. The molecule has 6 heteroatoms. The van der Waals surface area contributed by atoms with E-state index in [1.807, 2.05) is 11.7 Å². The molecule has 0 radical (unpaired) electrons. The molecule has 0 N–H and O–H groups in total. The van der Waals surface area contributed by atoms with Gasteiger partial charge in [0, 0.05) is 50.5 Å². The number of aromatic nitrogens is 3. The van der Waals surface area contributed by atoms with Crippen molar-refractivity contribution in [1.29, 1.82) is 0 Å². The Bertz CT molecular complexity index is 554. The minimum Gasteiger partial charge on any atom is -0.385 e. The number of nitrogens with zero attached hydrogens (tertiary/aromatic N) is 4. The maximum Gasteiger partial charge on any atom is 0.113 e. The van der Waals surface area contributed by atoms with Crippen LogP contribution < -0.4 is 0 Å². The molecule has 1 atom stereocenters. The molecule has 2 aromatic heterocycles. The van der Waals surface area contributed by atoms with Gasteiger partial charge in [0.1, 0.15) is 5.82 Å². The van der Waals surface area contributed by atoms with Crippen LogP contribution in [0.1, 0.15) is 36.7 Å². The Balaban J connectivity index is 1.62. The maximum absolute atomic E-state index is 5.16. The van der Waals surface area contributed by atoms with Crippen molar-refractivity contribution in [3.05, 3.63) is 34.8 Å². The van der Waals surface area contributed by atoms with Crippen LogP contribution in [0.5, 0.6) is 0 Å². The van der Waals surface area contributed by atoms with Gasteiger partial charge < -0.3 is 14.2 Å². The first-order valence-electron chi connectivity index (χ1n) is 7.96. The average molecular weight is 320 g/mol. The van der Waals surface area contributed by atoms with E-state index in [2.05, 4.69) is 31.0 Å². The van der Waals surface area contributed by atoms with Gasteiger partial charge >= 0.3 is 0 Å². The van der Waals surface area contributed by atoms with E-state index in [0.29, 0.717) is 5.92 Å². The highest BCUT2D eigenvalue weighted by atomic mass is 32.1. The molecule has 2 aromatic rings.